The molecule has 0 rings (SSSR count). The Hall–Kier alpha value is -0.570. The van der Waals surface area contributed by atoms with E-state index in [9.17, 15) is 4.79 Å². The molecule has 0 aliphatic carbocycles. The van der Waals surface area contributed by atoms with Crippen LogP contribution in [-0.2, 0) is 4.79 Å². The van der Waals surface area contributed by atoms with E-state index in [1.807, 2.05) is 0 Å². The number of amides is 1. The van der Waals surface area contributed by atoms with E-state index in [-0.39, 0.29) is 5.91 Å². The van der Waals surface area contributed by atoms with Crippen molar-refractivity contribution in [3.8, 4) is 0 Å². The maximum absolute atomic E-state index is 11.6. The molecule has 0 heterocycles. The Morgan fingerprint density at radius 2 is 1.65 bits per heavy atom. The summed E-state index contributed by atoms with van der Waals surface area (Å²) in [5.74, 6) is 0.152. The molecule has 0 aromatic rings. The number of unbranched alkanes of at least 4 members (excludes halogenated alkanes) is 6. The standard InChI is InChI=1S/C14H29NO2/c1-4-5-6-7-8-9-10-11-14(17)15(3)12-13(2)16/h13,16H,4-12H2,1-3H3. The first-order valence-corrected chi connectivity index (χ1v) is 7.00. The molecule has 3 nitrogen and oxygen atoms in total. The summed E-state index contributed by atoms with van der Waals surface area (Å²) in [7, 11) is 1.76. The summed E-state index contributed by atoms with van der Waals surface area (Å²) in [6.07, 6.45) is 8.80. The zero-order valence-corrected chi connectivity index (χ0v) is 11.7. The van der Waals surface area contributed by atoms with Gasteiger partial charge in [0.15, 0.2) is 0 Å². The molecule has 3 heteroatoms. The van der Waals surface area contributed by atoms with Gasteiger partial charge in [-0.2, -0.15) is 0 Å². The maximum Gasteiger partial charge on any atom is 0.222 e. The summed E-state index contributed by atoms with van der Waals surface area (Å²) in [6.45, 7) is 4.36. The van der Waals surface area contributed by atoms with Gasteiger partial charge in [0.05, 0.1) is 6.10 Å². The minimum absolute atomic E-state index is 0.152. The van der Waals surface area contributed by atoms with Crippen LogP contribution in [0, 0.1) is 0 Å². The molecular weight excluding hydrogens is 214 g/mol. The fourth-order valence-corrected chi connectivity index (χ4v) is 1.92. The van der Waals surface area contributed by atoms with Gasteiger partial charge in [0.1, 0.15) is 0 Å². The Balaban J connectivity index is 3.38. The van der Waals surface area contributed by atoms with Gasteiger partial charge in [0.2, 0.25) is 5.91 Å². The molecule has 102 valence electrons. The average molecular weight is 243 g/mol. The van der Waals surface area contributed by atoms with Crippen LogP contribution in [0.2, 0.25) is 0 Å². The van der Waals surface area contributed by atoms with Crippen LogP contribution in [0.4, 0.5) is 0 Å². The van der Waals surface area contributed by atoms with Gasteiger partial charge in [0, 0.05) is 20.0 Å². The second-order valence-corrected chi connectivity index (χ2v) is 4.99. The lowest BCUT2D eigenvalue weighted by Gasteiger charge is -2.18. The van der Waals surface area contributed by atoms with E-state index in [1.54, 1.807) is 18.9 Å². The molecule has 17 heavy (non-hydrogen) atoms. The van der Waals surface area contributed by atoms with Crippen LogP contribution in [0.5, 0.6) is 0 Å². The van der Waals surface area contributed by atoms with Crippen LogP contribution in [0.1, 0.15) is 65.2 Å². The predicted octanol–water partition coefficient (Wildman–Crippen LogP) is 2.97. The van der Waals surface area contributed by atoms with Gasteiger partial charge in [-0.05, 0) is 13.3 Å². The van der Waals surface area contributed by atoms with E-state index in [4.69, 9.17) is 5.11 Å². The molecule has 0 fully saturated rings. The number of carbonyl (C=O) groups excluding carboxylic acids is 1. The van der Waals surface area contributed by atoms with Gasteiger partial charge in [-0.3, -0.25) is 4.79 Å². The third-order valence-electron chi connectivity index (χ3n) is 2.96. The van der Waals surface area contributed by atoms with Gasteiger partial charge >= 0.3 is 0 Å². The highest BCUT2D eigenvalue weighted by atomic mass is 16.3. The van der Waals surface area contributed by atoms with E-state index >= 15 is 0 Å². The number of hydrogen-bond acceptors (Lipinski definition) is 2. The topological polar surface area (TPSA) is 40.5 Å². The van der Waals surface area contributed by atoms with Gasteiger partial charge in [0.25, 0.3) is 0 Å². The highest BCUT2D eigenvalue weighted by Gasteiger charge is 2.09. The Morgan fingerprint density at radius 1 is 1.12 bits per heavy atom. The molecule has 0 saturated heterocycles. The lowest BCUT2D eigenvalue weighted by atomic mass is 10.1. The first-order valence-electron chi connectivity index (χ1n) is 7.00. The van der Waals surface area contributed by atoms with Crippen molar-refractivity contribution in [2.45, 2.75) is 71.3 Å². The number of hydrogen-bond donors (Lipinski definition) is 1. The number of nitrogens with zero attached hydrogens (tertiary/aromatic N) is 1. The van der Waals surface area contributed by atoms with E-state index in [1.165, 1.54) is 32.1 Å². The van der Waals surface area contributed by atoms with Crippen LogP contribution in [-0.4, -0.2) is 35.6 Å². The van der Waals surface area contributed by atoms with Crippen molar-refractivity contribution in [2.24, 2.45) is 0 Å². The number of carbonyl (C=O) groups is 1. The fraction of sp³-hybridized carbons (Fsp3) is 0.929. The minimum Gasteiger partial charge on any atom is -0.392 e. The summed E-state index contributed by atoms with van der Waals surface area (Å²) >= 11 is 0. The van der Waals surface area contributed by atoms with E-state index < -0.39 is 6.10 Å². The number of rotatable bonds is 10. The number of aliphatic hydroxyl groups excluding tert-OH is 1. The zero-order chi connectivity index (χ0) is 13.1. The molecular formula is C14H29NO2. The Labute approximate surface area is 106 Å². The van der Waals surface area contributed by atoms with Crippen LogP contribution >= 0.6 is 0 Å². The van der Waals surface area contributed by atoms with Crippen LogP contribution < -0.4 is 0 Å². The average Bonchev–Trinajstić information content (AvgIpc) is 2.26. The first kappa shape index (κ1) is 16.4. The summed E-state index contributed by atoms with van der Waals surface area (Å²) in [4.78, 5) is 13.3. The lowest BCUT2D eigenvalue weighted by molar-refractivity contribution is -0.131. The van der Waals surface area contributed by atoms with Gasteiger partial charge in [-0.1, -0.05) is 45.4 Å². The van der Waals surface area contributed by atoms with E-state index in [2.05, 4.69) is 6.92 Å². The second kappa shape index (κ2) is 10.6. The van der Waals surface area contributed by atoms with Crippen LogP contribution in [0.15, 0.2) is 0 Å². The summed E-state index contributed by atoms with van der Waals surface area (Å²) in [5, 5.41) is 9.17. The highest BCUT2D eigenvalue weighted by molar-refractivity contribution is 5.75. The quantitative estimate of drug-likeness (QED) is 0.599. The SMILES string of the molecule is CCCCCCCCCC(=O)N(C)CC(C)O. The molecule has 1 amide bonds. The summed E-state index contributed by atoms with van der Waals surface area (Å²) < 4.78 is 0. The lowest BCUT2D eigenvalue weighted by Crippen LogP contribution is -2.32. The van der Waals surface area contributed by atoms with E-state index in [0.717, 1.165) is 12.8 Å². The van der Waals surface area contributed by atoms with Crippen molar-refractivity contribution in [1.82, 2.24) is 4.90 Å². The smallest absolute Gasteiger partial charge is 0.222 e. The summed E-state index contributed by atoms with van der Waals surface area (Å²) in [5.41, 5.74) is 0. The molecule has 0 bridgehead atoms. The van der Waals surface area contributed by atoms with Crippen molar-refractivity contribution in [1.29, 1.82) is 0 Å². The minimum atomic E-state index is -0.432. The highest BCUT2D eigenvalue weighted by Crippen LogP contribution is 2.09. The molecule has 0 aromatic carbocycles. The Bertz CT molecular complexity index is 193. The number of aliphatic hydroxyl groups is 1. The largest absolute Gasteiger partial charge is 0.392 e. The van der Waals surface area contributed by atoms with Crippen molar-refractivity contribution in [3.63, 3.8) is 0 Å². The maximum atomic E-state index is 11.6. The summed E-state index contributed by atoms with van der Waals surface area (Å²) in [6, 6.07) is 0. The van der Waals surface area contributed by atoms with Gasteiger partial charge in [-0.25, -0.2) is 0 Å². The molecule has 0 saturated carbocycles. The molecule has 0 aliphatic heterocycles. The van der Waals surface area contributed by atoms with Crippen molar-refractivity contribution < 1.29 is 9.90 Å². The monoisotopic (exact) mass is 243 g/mol. The molecule has 0 spiro atoms. The normalized spacial score (nSPS) is 12.5. The number of likely N-dealkylation sites (N-methyl/N-ethyl adjacent to an activating group) is 1. The van der Waals surface area contributed by atoms with Crippen molar-refractivity contribution >= 4 is 5.91 Å². The molecule has 0 aromatic heterocycles. The molecule has 1 unspecified atom stereocenters. The van der Waals surface area contributed by atoms with E-state index in [0.29, 0.717) is 13.0 Å². The molecule has 0 radical (unpaired) electrons. The van der Waals surface area contributed by atoms with Crippen molar-refractivity contribution in [2.75, 3.05) is 13.6 Å². The third-order valence-corrected chi connectivity index (χ3v) is 2.96. The van der Waals surface area contributed by atoms with Crippen molar-refractivity contribution in [3.05, 3.63) is 0 Å². The van der Waals surface area contributed by atoms with Gasteiger partial charge < -0.3 is 10.0 Å². The first-order chi connectivity index (χ1) is 8.07. The Morgan fingerprint density at radius 3 is 2.18 bits per heavy atom. The molecule has 0 aliphatic rings. The predicted molar refractivity (Wildman–Crippen MR) is 71.9 cm³/mol. The third kappa shape index (κ3) is 10.3. The van der Waals surface area contributed by atoms with Crippen LogP contribution in [0.3, 0.4) is 0 Å². The van der Waals surface area contributed by atoms with Gasteiger partial charge in [-0.15, -0.1) is 0 Å². The zero-order valence-electron chi connectivity index (χ0n) is 11.7. The molecule has 1 N–H and O–H groups in total. The Kier molecular flexibility index (Phi) is 10.2. The molecule has 1 atom stereocenters. The second-order valence-electron chi connectivity index (χ2n) is 4.99. The fourth-order valence-electron chi connectivity index (χ4n) is 1.92. The van der Waals surface area contributed by atoms with Crippen LogP contribution in [0.25, 0.3) is 0 Å².